The lowest BCUT2D eigenvalue weighted by Crippen LogP contribution is -2.33. The molecule has 0 aromatic heterocycles. The maximum absolute atomic E-state index is 13.6. The highest BCUT2D eigenvalue weighted by atomic mass is 16.5. The Labute approximate surface area is 569 Å². The SMILES string of the molecule is CCCCC(Oc1ccc(C)cc1C)C(=O)Nc1cc(O)c(NC(=O)Nc2ccc(C#N)cc2)cc1Oc1ccc(OC)cc1.Cc1ccc(OCNC(=O)c2ccc3ccccc3c2O)c(C)c1.Cc1ccc(OCc2ccc(NC(=O)Nc3ccc(C#N)cc3)c(O)c2)c(C)c1. The quantitative estimate of drug-likeness (QED) is 0.0239. The van der Waals surface area contributed by atoms with E-state index in [0.29, 0.717) is 58.2 Å². The number of phenols is 3. The predicted octanol–water partition coefficient (Wildman–Crippen LogP) is 16.9. The Kier molecular flexibility index (Phi) is 25.0. The Hall–Kier alpha value is -12.7. The number of aryl methyl sites for hydroxylation is 6. The number of ether oxygens (including phenoxy) is 5. The molecule has 20 nitrogen and oxygen atoms in total. The molecule has 6 amide bonds. The van der Waals surface area contributed by atoms with Crippen LogP contribution in [0, 0.1) is 64.2 Å². The standard InChI is InChI=1S/C35H36N4O6.C23H21N3O3.C20H19NO3/c1-5-6-7-32(45-31-17-8-22(2)18-23(31)3)34(41)38-29-19-30(40)28(20-33(29)44-27-15-13-26(43-4)14-16-27)39-35(42)37-25-11-9-24(21-36)10-12-25;1-15-3-10-22(16(2)11-15)29-14-18-6-9-20(21(27)12-18)26-23(28)25-19-7-4-17(13-24)5-8-19;1-13-7-10-18(14(2)11-13)24-12-21-20(23)17-9-8-15-5-3-4-6-16(15)19(17)22/h8-20,32,40H,5-7H2,1-4H3,(H,38,41)(H2,37,39,42);3-12,27H,14H2,1-2H3,(H2,25,26,28);3-11,22H,12H2,1-2H3,(H,21,23). The van der Waals surface area contributed by atoms with Crippen molar-refractivity contribution in [2.24, 2.45) is 0 Å². The number of methoxy groups -OCH3 is 1. The van der Waals surface area contributed by atoms with Crippen molar-refractivity contribution in [3.63, 3.8) is 0 Å². The van der Waals surface area contributed by atoms with Crippen LogP contribution in [-0.2, 0) is 11.4 Å². The lowest BCUT2D eigenvalue weighted by molar-refractivity contribution is -0.123. The van der Waals surface area contributed by atoms with Crippen LogP contribution in [0.4, 0.5) is 38.0 Å². The molecule has 9 N–H and O–H groups in total. The van der Waals surface area contributed by atoms with Gasteiger partial charge in [0.2, 0.25) is 0 Å². The van der Waals surface area contributed by atoms with Crippen LogP contribution in [0.15, 0.2) is 194 Å². The largest absolute Gasteiger partial charge is 0.506 e. The summed E-state index contributed by atoms with van der Waals surface area (Å²) in [7, 11) is 1.56. The fourth-order valence-electron chi connectivity index (χ4n) is 9.95. The number of carbonyl (C=O) groups excluding carboxylic acids is 4. The highest BCUT2D eigenvalue weighted by molar-refractivity contribution is 6.04. The number of hydrogen-bond acceptors (Lipinski definition) is 14. The molecule has 98 heavy (non-hydrogen) atoms. The molecular formula is C78H76N8O12. The number of amides is 6. The fraction of sp³-hybridized carbons (Fsp3) is 0.179. The van der Waals surface area contributed by atoms with Crippen LogP contribution in [0.5, 0.6) is 51.7 Å². The van der Waals surface area contributed by atoms with Crippen LogP contribution in [0.3, 0.4) is 0 Å². The summed E-state index contributed by atoms with van der Waals surface area (Å²) in [4.78, 5) is 50.8. The molecule has 0 saturated carbocycles. The van der Waals surface area contributed by atoms with Crippen LogP contribution in [0.1, 0.15) is 86.6 Å². The lowest BCUT2D eigenvalue weighted by Gasteiger charge is -2.21. The Morgan fingerprint density at radius 3 is 1.60 bits per heavy atom. The first-order chi connectivity index (χ1) is 47.2. The zero-order valence-electron chi connectivity index (χ0n) is 55.5. The van der Waals surface area contributed by atoms with E-state index in [-0.39, 0.29) is 58.3 Å². The third-order valence-electron chi connectivity index (χ3n) is 15.1. The summed E-state index contributed by atoms with van der Waals surface area (Å²) >= 11 is 0. The topological polar surface area (TPSA) is 295 Å². The van der Waals surface area contributed by atoms with Crippen molar-refractivity contribution < 1.29 is 58.2 Å². The van der Waals surface area contributed by atoms with Crippen LogP contribution in [0.25, 0.3) is 10.8 Å². The van der Waals surface area contributed by atoms with E-state index in [1.165, 1.54) is 17.7 Å². The number of benzene rings is 10. The van der Waals surface area contributed by atoms with Crippen molar-refractivity contribution in [3.8, 4) is 63.9 Å². The van der Waals surface area contributed by atoms with Crippen LogP contribution in [0.2, 0.25) is 0 Å². The van der Waals surface area contributed by atoms with Gasteiger partial charge in [0.05, 0.1) is 53.0 Å². The van der Waals surface area contributed by atoms with E-state index in [9.17, 15) is 34.5 Å². The van der Waals surface area contributed by atoms with E-state index in [1.807, 2.05) is 139 Å². The molecule has 10 aromatic rings. The number of nitrogens with one attached hydrogen (secondary N) is 6. The summed E-state index contributed by atoms with van der Waals surface area (Å²) in [5.41, 5.74) is 9.85. The molecule has 10 aromatic carbocycles. The zero-order valence-corrected chi connectivity index (χ0v) is 55.5. The third kappa shape index (κ3) is 20.4. The van der Waals surface area contributed by atoms with E-state index in [4.69, 9.17) is 34.2 Å². The number of urea groups is 2. The Morgan fingerprint density at radius 1 is 0.510 bits per heavy atom. The maximum atomic E-state index is 13.6. The van der Waals surface area contributed by atoms with Gasteiger partial charge in [-0.15, -0.1) is 0 Å². The van der Waals surface area contributed by atoms with Crippen molar-refractivity contribution >= 4 is 63.1 Å². The number of fused-ring (bicyclic) bond motifs is 1. The van der Waals surface area contributed by atoms with Crippen molar-refractivity contribution in [1.82, 2.24) is 5.32 Å². The molecule has 10 rings (SSSR count). The second-order valence-electron chi connectivity index (χ2n) is 22.8. The van der Waals surface area contributed by atoms with Crippen molar-refractivity contribution in [2.45, 2.75) is 80.4 Å². The van der Waals surface area contributed by atoms with Gasteiger partial charge >= 0.3 is 12.1 Å². The van der Waals surface area contributed by atoms with E-state index in [2.05, 4.69) is 31.9 Å². The normalized spacial score (nSPS) is 10.7. The average molecular weight is 1320 g/mol. The number of carbonyl (C=O) groups is 4. The number of aromatic hydroxyl groups is 3. The van der Waals surface area contributed by atoms with Crippen LogP contribution in [-0.4, -0.2) is 59.1 Å². The van der Waals surface area contributed by atoms with E-state index in [1.54, 1.807) is 110 Å². The number of nitrogens with zero attached hydrogens (tertiary/aromatic N) is 2. The van der Waals surface area contributed by atoms with Gasteiger partial charge in [0.15, 0.2) is 18.6 Å². The molecule has 0 spiro atoms. The number of hydrogen-bond donors (Lipinski definition) is 9. The van der Waals surface area contributed by atoms with Gasteiger partial charge in [0, 0.05) is 28.9 Å². The molecule has 0 heterocycles. The summed E-state index contributed by atoms with van der Waals surface area (Å²) in [5.74, 6) is 2.20. The summed E-state index contributed by atoms with van der Waals surface area (Å²) in [6, 6.07) is 58.6. The monoisotopic (exact) mass is 1320 g/mol. The first-order valence-corrected chi connectivity index (χ1v) is 31.3. The predicted molar refractivity (Wildman–Crippen MR) is 380 cm³/mol. The smallest absolute Gasteiger partial charge is 0.323 e. The second-order valence-corrected chi connectivity index (χ2v) is 22.8. The lowest BCUT2D eigenvalue weighted by atomic mass is 10.1. The Morgan fingerprint density at radius 2 is 1.05 bits per heavy atom. The zero-order chi connectivity index (χ0) is 70.3. The molecule has 0 fully saturated rings. The first kappa shape index (κ1) is 71.2. The number of nitriles is 2. The van der Waals surface area contributed by atoms with Crippen LogP contribution < -0.4 is 55.6 Å². The second kappa shape index (κ2) is 34.5. The number of anilines is 5. The number of unbranched alkanes of at least 4 members (excludes halogenated alkanes) is 1. The molecular weight excluding hydrogens is 1240 g/mol. The summed E-state index contributed by atoms with van der Waals surface area (Å²) in [6.45, 7) is 14.3. The summed E-state index contributed by atoms with van der Waals surface area (Å²) in [5, 5.41) is 66.8. The van der Waals surface area contributed by atoms with Gasteiger partial charge in [-0.05, 0) is 191 Å². The molecule has 0 bridgehead atoms. The Balaban J connectivity index is 0.000000199. The molecule has 0 aliphatic heterocycles. The molecule has 1 unspecified atom stereocenters. The summed E-state index contributed by atoms with van der Waals surface area (Å²) in [6.07, 6.45) is 1.31. The van der Waals surface area contributed by atoms with E-state index < -0.39 is 24.1 Å². The molecule has 1 atom stereocenters. The fourth-order valence-corrected chi connectivity index (χ4v) is 9.95. The van der Waals surface area contributed by atoms with Crippen molar-refractivity contribution in [3.05, 3.63) is 250 Å². The molecule has 20 heteroatoms. The van der Waals surface area contributed by atoms with E-state index >= 15 is 0 Å². The average Bonchev–Trinajstić information content (AvgIpc) is 0.834. The molecule has 0 saturated heterocycles. The first-order valence-electron chi connectivity index (χ1n) is 31.3. The minimum absolute atomic E-state index is 0.0166. The Bertz CT molecular complexity index is 4550. The maximum Gasteiger partial charge on any atom is 0.323 e. The van der Waals surface area contributed by atoms with Crippen LogP contribution >= 0.6 is 0 Å². The third-order valence-corrected chi connectivity index (χ3v) is 15.1. The molecule has 0 radical (unpaired) electrons. The van der Waals surface area contributed by atoms with E-state index in [0.717, 1.165) is 63.1 Å². The highest BCUT2D eigenvalue weighted by Crippen LogP contribution is 2.40. The van der Waals surface area contributed by atoms with Crippen molar-refractivity contribution in [2.75, 3.05) is 40.4 Å². The minimum atomic E-state index is -0.807. The molecule has 0 aliphatic carbocycles. The van der Waals surface area contributed by atoms with Gasteiger partial charge < -0.3 is 70.9 Å². The summed E-state index contributed by atoms with van der Waals surface area (Å²) < 4.78 is 28.9. The van der Waals surface area contributed by atoms with Gasteiger partial charge in [-0.1, -0.05) is 103 Å². The van der Waals surface area contributed by atoms with Gasteiger partial charge in [-0.3, -0.25) is 9.59 Å². The van der Waals surface area contributed by atoms with Gasteiger partial charge in [0.25, 0.3) is 11.8 Å². The highest BCUT2D eigenvalue weighted by Gasteiger charge is 2.25. The number of rotatable bonds is 21. The van der Waals surface area contributed by atoms with Crippen molar-refractivity contribution in [1.29, 1.82) is 10.5 Å². The van der Waals surface area contributed by atoms with Gasteiger partial charge in [-0.2, -0.15) is 10.5 Å². The number of phenolic OH excluding ortho intramolecular Hbond substituents is 3. The molecule has 0 aliphatic rings. The van der Waals surface area contributed by atoms with Gasteiger partial charge in [-0.25, -0.2) is 9.59 Å². The van der Waals surface area contributed by atoms with Gasteiger partial charge in [0.1, 0.15) is 52.6 Å². The molecule has 500 valence electrons. The minimum Gasteiger partial charge on any atom is -0.506 e.